The predicted octanol–water partition coefficient (Wildman–Crippen LogP) is 3.89. The van der Waals surface area contributed by atoms with E-state index in [1.54, 1.807) is 30.1 Å². The first-order chi connectivity index (χ1) is 11.0. The van der Waals surface area contributed by atoms with Gasteiger partial charge in [-0.15, -0.1) is 0 Å². The van der Waals surface area contributed by atoms with Crippen molar-refractivity contribution in [3.05, 3.63) is 47.5 Å². The zero-order valence-electron chi connectivity index (χ0n) is 13.8. The zero-order chi connectivity index (χ0) is 16.6. The number of benzene rings is 1. The molecule has 0 bridgehead atoms. The Morgan fingerprint density at radius 2 is 2.17 bits per heavy atom. The summed E-state index contributed by atoms with van der Waals surface area (Å²) in [6.45, 7) is 4.40. The number of allylic oxidation sites excluding steroid dienone is 2. The average Bonchev–Trinajstić information content (AvgIpc) is 3.09. The van der Waals surface area contributed by atoms with E-state index in [0.717, 1.165) is 24.1 Å². The van der Waals surface area contributed by atoms with Crippen molar-refractivity contribution >= 4 is 13.4 Å². The maximum Gasteiger partial charge on any atom is 0.149 e. The molecular formula is C18H20BFN2O. The molecule has 1 heterocycles. The lowest BCUT2D eigenvalue weighted by Gasteiger charge is -2.24. The summed E-state index contributed by atoms with van der Waals surface area (Å²) in [5.74, 6) is 0.256. The third kappa shape index (κ3) is 2.69. The molecule has 0 aliphatic heterocycles. The first-order valence-corrected chi connectivity index (χ1v) is 7.80. The van der Waals surface area contributed by atoms with Crippen LogP contribution < -0.4 is 4.74 Å². The van der Waals surface area contributed by atoms with E-state index < -0.39 is 0 Å². The normalized spacial score (nSPS) is 16.4. The van der Waals surface area contributed by atoms with E-state index in [-0.39, 0.29) is 11.2 Å². The molecule has 1 aromatic carbocycles. The molecule has 0 unspecified atom stereocenters. The first-order valence-electron chi connectivity index (χ1n) is 7.80. The van der Waals surface area contributed by atoms with Crippen molar-refractivity contribution in [2.75, 3.05) is 7.11 Å². The van der Waals surface area contributed by atoms with Crippen LogP contribution >= 0.6 is 0 Å². The average molecular weight is 310 g/mol. The van der Waals surface area contributed by atoms with Crippen LogP contribution in [0.2, 0.25) is 0 Å². The fraction of sp³-hybridized carbons (Fsp3) is 0.389. The molecule has 0 N–H and O–H groups in total. The zero-order valence-corrected chi connectivity index (χ0v) is 13.8. The minimum atomic E-state index is -0.338. The van der Waals surface area contributed by atoms with Crippen LogP contribution in [-0.2, 0) is 6.32 Å². The monoisotopic (exact) mass is 310 g/mol. The lowest BCUT2D eigenvalue weighted by atomic mass is 9.81. The van der Waals surface area contributed by atoms with Gasteiger partial charge in [-0.3, -0.25) is 0 Å². The number of aromatic nitrogens is 2. The Hall–Kier alpha value is -2.04. The smallest absolute Gasteiger partial charge is 0.149 e. The van der Waals surface area contributed by atoms with Crippen LogP contribution in [0.4, 0.5) is 4.39 Å². The summed E-state index contributed by atoms with van der Waals surface area (Å²) in [6.07, 6.45) is 6.39. The van der Waals surface area contributed by atoms with Crippen LogP contribution in [0.25, 0.3) is 11.3 Å². The van der Waals surface area contributed by atoms with Gasteiger partial charge in [-0.2, -0.15) is 5.10 Å². The Labute approximate surface area is 137 Å². The van der Waals surface area contributed by atoms with Crippen molar-refractivity contribution in [3.8, 4) is 11.4 Å². The van der Waals surface area contributed by atoms with Crippen LogP contribution in [0.1, 0.15) is 37.9 Å². The Kier molecular flexibility index (Phi) is 4.05. The number of hydrogen-bond acceptors (Lipinski definition) is 2. The number of halogens is 1. The van der Waals surface area contributed by atoms with Crippen molar-refractivity contribution < 1.29 is 9.13 Å². The second kappa shape index (κ2) is 5.87. The molecule has 0 fully saturated rings. The van der Waals surface area contributed by atoms with Gasteiger partial charge in [0.15, 0.2) is 0 Å². The van der Waals surface area contributed by atoms with E-state index in [9.17, 15) is 4.39 Å². The van der Waals surface area contributed by atoms with Crippen LogP contribution in [0.5, 0.6) is 5.75 Å². The van der Waals surface area contributed by atoms with Gasteiger partial charge in [0.25, 0.3) is 0 Å². The third-order valence-corrected chi connectivity index (χ3v) is 4.55. The van der Waals surface area contributed by atoms with Gasteiger partial charge in [-0.25, -0.2) is 9.07 Å². The summed E-state index contributed by atoms with van der Waals surface area (Å²) >= 11 is 0. The molecule has 0 saturated heterocycles. The van der Waals surface area contributed by atoms with Gasteiger partial charge in [0.1, 0.15) is 17.3 Å². The molecule has 0 atom stereocenters. The number of hydrogen-bond donors (Lipinski definition) is 0. The quantitative estimate of drug-likeness (QED) is 0.801. The standard InChI is InChI=1S/C18H20BFN2O/c1-18(2)8-4-5-14(18)17-12(10-19)11-21-22(17)16-9-13(23-3)6-7-15(16)20/h5-7,9,11H,4,8,10H2,1-3H3. The summed E-state index contributed by atoms with van der Waals surface area (Å²) in [6, 6.07) is 4.66. The highest BCUT2D eigenvalue weighted by molar-refractivity contribution is 6.08. The maximum absolute atomic E-state index is 14.4. The molecule has 5 heteroatoms. The predicted molar refractivity (Wildman–Crippen MR) is 90.5 cm³/mol. The molecule has 0 amide bonds. The van der Waals surface area contributed by atoms with Gasteiger partial charge in [0, 0.05) is 6.07 Å². The van der Waals surface area contributed by atoms with Crippen LogP contribution in [0.3, 0.4) is 0 Å². The highest BCUT2D eigenvalue weighted by Gasteiger charge is 2.32. The summed E-state index contributed by atoms with van der Waals surface area (Å²) in [5.41, 5.74) is 3.41. The van der Waals surface area contributed by atoms with Gasteiger partial charge in [0.05, 0.1) is 26.8 Å². The molecule has 3 nitrogen and oxygen atoms in total. The second-order valence-corrected chi connectivity index (χ2v) is 6.49. The van der Waals surface area contributed by atoms with Crippen molar-refractivity contribution in [1.29, 1.82) is 0 Å². The number of methoxy groups -OCH3 is 1. The molecule has 118 valence electrons. The van der Waals surface area contributed by atoms with E-state index in [2.05, 4.69) is 25.0 Å². The van der Waals surface area contributed by atoms with Crippen molar-refractivity contribution in [3.63, 3.8) is 0 Å². The Morgan fingerprint density at radius 1 is 1.39 bits per heavy atom. The highest BCUT2D eigenvalue weighted by Crippen LogP contribution is 2.45. The van der Waals surface area contributed by atoms with Gasteiger partial charge < -0.3 is 4.74 Å². The van der Waals surface area contributed by atoms with Crippen LogP contribution in [-0.4, -0.2) is 24.7 Å². The lowest BCUT2D eigenvalue weighted by Crippen LogP contribution is -2.14. The second-order valence-electron chi connectivity index (χ2n) is 6.49. The van der Waals surface area contributed by atoms with Crippen molar-refractivity contribution in [2.45, 2.75) is 33.0 Å². The summed E-state index contributed by atoms with van der Waals surface area (Å²) in [5, 5.41) is 4.40. The van der Waals surface area contributed by atoms with Gasteiger partial charge >= 0.3 is 0 Å². The molecule has 0 saturated carbocycles. The summed E-state index contributed by atoms with van der Waals surface area (Å²) in [7, 11) is 7.46. The third-order valence-electron chi connectivity index (χ3n) is 4.55. The summed E-state index contributed by atoms with van der Waals surface area (Å²) in [4.78, 5) is 0. The van der Waals surface area contributed by atoms with Crippen LogP contribution in [0, 0.1) is 11.2 Å². The Bertz CT molecular complexity index is 764. The van der Waals surface area contributed by atoms with Gasteiger partial charge in [-0.1, -0.05) is 26.2 Å². The maximum atomic E-state index is 14.4. The number of ether oxygens (including phenoxy) is 1. The molecule has 2 aromatic rings. The molecule has 0 spiro atoms. The lowest BCUT2D eigenvalue weighted by molar-refractivity contribution is 0.413. The van der Waals surface area contributed by atoms with E-state index in [0.29, 0.717) is 17.8 Å². The van der Waals surface area contributed by atoms with E-state index in [1.807, 2.05) is 0 Å². The molecule has 2 radical (unpaired) electrons. The van der Waals surface area contributed by atoms with E-state index in [1.165, 1.54) is 11.6 Å². The van der Waals surface area contributed by atoms with Crippen molar-refractivity contribution in [1.82, 2.24) is 9.78 Å². The van der Waals surface area contributed by atoms with Crippen molar-refractivity contribution in [2.24, 2.45) is 5.41 Å². The molecular weight excluding hydrogens is 290 g/mol. The van der Waals surface area contributed by atoms with Crippen LogP contribution in [0.15, 0.2) is 30.5 Å². The largest absolute Gasteiger partial charge is 0.497 e. The highest BCUT2D eigenvalue weighted by atomic mass is 19.1. The van der Waals surface area contributed by atoms with Gasteiger partial charge in [0.2, 0.25) is 0 Å². The summed E-state index contributed by atoms with van der Waals surface area (Å²) < 4.78 is 21.3. The SMILES string of the molecule is [B]Cc1cnn(-c2cc(OC)ccc2F)c1C1=CCCC1(C)C. The molecule has 1 aromatic heterocycles. The number of nitrogens with zero attached hydrogens (tertiary/aromatic N) is 2. The molecule has 1 aliphatic carbocycles. The molecule has 1 aliphatic rings. The molecule has 23 heavy (non-hydrogen) atoms. The Balaban J connectivity index is 2.21. The number of rotatable bonds is 4. The topological polar surface area (TPSA) is 27.1 Å². The minimum Gasteiger partial charge on any atom is -0.497 e. The Morgan fingerprint density at radius 3 is 2.78 bits per heavy atom. The first kappa shape index (κ1) is 15.8. The minimum absolute atomic E-state index is 0.0248. The van der Waals surface area contributed by atoms with Gasteiger partial charge in [-0.05, 0) is 41.5 Å². The molecule has 3 rings (SSSR count). The fourth-order valence-electron chi connectivity index (χ4n) is 3.19. The fourth-order valence-corrected chi connectivity index (χ4v) is 3.19. The van der Waals surface area contributed by atoms with E-state index >= 15 is 0 Å². The van der Waals surface area contributed by atoms with E-state index in [4.69, 9.17) is 12.6 Å².